The van der Waals surface area contributed by atoms with Gasteiger partial charge in [0.2, 0.25) is 0 Å². The van der Waals surface area contributed by atoms with Gasteiger partial charge in [0.1, 0.15) is 5.82 Å². The Balaban J connectivity index is 1.45. The Morgan fingerprint density at radius 3 is 2.48 bits per heavy atom. The van der Waals surface area contributed by atoms with E-state index >= 15 is 0 Å². The second kappa shape index (κ2) is 9.30. The molecule has 8 nitrogen and oxygen atoms in total. The van der Waals surface area contributed by atoms with Crippen LogP contribution in [0.1, 0.15) is 5.56 Å². The SMILES string of the molecule is CN(C)c1ccc(/C=N/Nc2cc(N3CCOCC3)n3nc(-c4ccccc4)cc3n2)cc1. The van der Waals surface area contributed by atoms with E-state index in [0.717, 1.165) is 47.1 Å². The van der Waals surface area contributed by atoms with Gasteiger partial charge in [-0.3, -0.25) is 5.43 Å². The monoisotopic (exact) mass is 441 g/mol. The molecule has 33 heavy (non-hydrogen) atoms. The average molecular weight is 442 g/mol. The van der Waals surface area contributed by atoms with E-state index in [-0.39, 0.29) is 0 Å². The number of aromatic nitrogens is 3. The summed E-state index contributed by atoms with van der Waals surface area (Å²) < 4.78 is 7.45. The number of hydrazone groups is 1. The van der Waals surface area contributed by atoms with Crippen LogP contribution >= 0.6 is 0 Å². The number of anilines is 3. The topological polar surface area (TPSA) is 70.3 Å². The molecule has 1 aliphatic rings. The second-order valence-corrected chi connectivity index (χ2v) is 8.12. The minimum atomic E-state index is 0.671. The molecule has 0 amide bonds. The van der Waals surface area contributed by atoms with Gasteiger partial charge >= 0.3 is 0 Å². The molecule has 0 atom stereocenters. The lowest BCUT2D eigenvalue weighted by Gasteiger charge is -2.29. The highest BCUT2D eigenvalue weighted by atomic mass is 16.5. The van der Waals surface area contributed by atoms with E-state index in [2.05, 4.69) is 44.6 Å². The third-order valence-electron chi connectivity index (χ3n) is 5.62. The Hall–Kier alpha value is -3.91. The highest BCUT2D eigenvalue weighted by molar-refractivity contribution is 5.81. The van der Waals surface area contributed by atoms with E-state index in [1.54, 1.807) is 6.21 Å². The fourth-order valence-electron chi connectivity index (χ4n) is 3.82. The molecular formula is C25H27N7O. The third kappa shape index (κ3) is 4.65. The van der Waals surface area contributed by atoms with Gasteiger partial charge in [0, 0.05) is 50.6 Å². The molecule has 0 aliphatic carbocycles. The Kier molecular flexibility index (Phi) is 5.91. The summed E-state index contributed by atoms with van der Waals surface area (Å²) in [5.41, 5.74) is 7.98. The molecule has 168 valence electrons. The van der Waals surface area contributed by atoms with E-state index < -0.39 is 0 Å². The summed E-state index contributed by atoms with van der Waals surface area (Å²) in [6.07, 6.45) is 1.80. The molecule has 1 saturated heterocycles. The summed E-state index contributed by atoms with van der Waals surface area (Å²) >= 11 is 0. The van der Waals surface area contributed by atoms with Crippen LogP contribution in [0.3, 0.4) is 0 Å². The van der Waals surface area contributed by atoms with Crippen LogP contribution in [-0.2, 0) is 4.74 Å². The highest BCUT2D eigenvalue weighted by Crippen LogP contribution is 2.25. The number of ether oxygens (including phenoxy) is 1. The van der Waals surface area contributed by atoms with Crippen LogP contribution in [0.15, 0.2) is 71.8 Å². The fourth-order valence-corrected chi connectivity index (χ4v) is 3.82. The summed E-state index contributed by atoms with van der Waals surface area (Å²) in [6.45, 7) is 3.00. The molecule has 0 radical (unpaired) electrons. The number of nitrogens with zero attached hydrogens (tertiary/aromatic N) is 6. The van der Waals surface area contributed by atoms with Gasteiger partial charge in [0.15, 0.2) is 11.5 Å². The summed E-state index contributed by atoms with van der Waals surface area (Å²) in [5.74, 6) is 1.64. The van der Waals surface area contributed by atoms with Gasteiger partial charge in [-0.2, -0.15) is 14.7 Å². The minimum Gasteiger partial charge on any atom is -0.378 e. The molecule has 4 aromatic rings. The van der Waals surface area contributed by atoms with Crippen LogP contribution in [0.4, 0.5) is 17.3 Å². The molecule has 1 aliphatic heterocycles. The van der Waals surface area contributed by atoms with E-state index in [1.165, 1.54) is 0 Å². The van der Waals surface area contributed by atoms with Crippen LogP contribution in [-0.4, -0.2) is 61.2 Å². The van der Waals surface area contributed by atoms with E-state index in [1.807, 2.05) is 61.1 Å². The van der Waals surface area contributed by atoms with Crippen LogP contribution in [0, 0.1) is 0 Å². The van der Waals surface area contributed by atoms with E-state index in [4.69, 9.17) is 14.8 Å². The molecule has 2 aromatic carbocycles. The largest absolute Gasteiger partial charge is 0.378 e. The number of hydrogen-bond donors (Lipinski definition) is 1. The van der Waals surface area contributed by atoms with Crippen molar-refractivity contribution < 1.29 is 4.74 Å². The zero-order valence-electron chi connectivity index (χ0n) is 18.8. The number of nitrogens with one attached hydrogen (secondary N) is 1. The lowest BCUT2D eigenvalue weighted by molar-refractivity contribution is 0.122. The molecule has 1 fully saturated rings. The molecule has 0 spiro atoms. The number of hydrogen-bond acceptors (Lipinski definition) is 7. The Morgan fingerprint density at radius 2 is 1.76 bits per heavy atom. The fraction of sp³-hybridized carbons (Fsp3) is 0.240. The quantitative estimate of drug-likeness (QED) is 0.363. The predicted molar refractivity (Wildman–Crippen MR) is 133 cm³/mol. The first-order valence-electron chi connectivity index (χ1n) is 11.0. The normalized spacial score (nSPS) is 14.2. The maximum atomic E-state index is 5.55. The summed E-state index contributed by atoms with van der Waals surface area (Å²) in [4.78, 5) is 9.10. The van der Waals surface area contributed by atoms with Crippen molar-refractivity contribution in [2.24, 2.45) is 5.10 Å². The Labute approximate surface area is 193 Å². The second-order valence-electron chi connectivity index (χ2n) is 8.12. The minimum absolute atomic E-state index is 0.671. The van der Waals surface area contributed by atoms with Crippen molar-refractivity contribution >= 4 is 29.2 Å². The zero-order chi connectivity index (χ0) is 22.6. The first kappa shape index (κ1) is 21.0. The maximum absolute atomic E-state index is 5.55. The lowest BCUT2D eigenvalue weighted by atomic mass is 10.2. The van der Waals surface area contributed by atoms with Gasteiger partial charge in [0.25, 0.3) is 0 Å². The van der Waals surface area contributed by atoms with Crippen molar-refractivity contribution in [1.82, 2.24) is 14.6 Å². The summed E-state index contributed by atoms with van der Waals surface area (Å²) in [5, 5.41) is 9.27. The molecule has 2 aromatic heterocycles. The first-order chi connectivity index (χ1) is 16.2. The number of rotatable bonds is 6. The molecule has 1 N–H and O–H groups in total. The van der Waals surface area contributed by atoms with Crippen molar-refractivity contribution in [3.05, 3.63) is 72.3 Å². The molecule has 5 rings (SSSR count). The van der Waals surface area contributed by atoms with Gasteiger partial charge in [-0.15, -0.1) is 0 Å². The number of fused-ring (bicyclic) bond motifs is 1. The number of morpholine rings is 1. The van der Waals surface area contributed by atoms with Crippen LogP contribution in [0.25, 0.3) is 16.9 Å². The van der Waals surface area contributed by atoms with E-state index in [0.29, 0.717) is 19.0 Å². The Morgan fingerprint density at radius 1 is 1.00 bits per heavy atom. The predicted octanol–water partition coefficient (Wildman–Crippen LogP) is 3.74. The maximum Gasteiger partial charge on any atom is 0.160 e. The van der Waals surface area contributed by atoms with Gasteiger partial charge < -0.3 is 14.5 Å². The van der Waals surface area contributed by atoms with Crippen molar-refractivity contribution in [3.8, 4) is 11.3 Å². The summed E-state index contributed by atoms with van der Waals surface area (Å²) in [6, 6.07) is 22.4. The van der Waals surface area contributed by atoms with Crippen molar-refractivity contribution in [2.45, 2.75) is 0 Å². The van der Waals surface area contributed by atoms with Crippen LogP contribution in [0.5, 0.6) is 0 Å². The average Bonchev–Trinajstić information content (AvgIpc) is 3.29. The van der Waals surface area contributed by atoms with Crippen LogP contribution in [0.2, 0.25) is 0 Å². The molecule has 3 heterocycles. The van der Waals surface area contributed by atoms with Crippen molar-refractivity contribution in [3.63, 3.8) is 0 Å². The first-order valence-corrected chi connectivity index (χ1v) is 11.0. The number of benzene rings is 2. The molecule has 0 unspecified atom stereocenters. The van der Waals surface area contributed by atoms with Crippen molar-refractivity contribution in [2.75, 3.05) is 55.6 Å². The van der Waals surface area contributed by atoms with Crippen molar-refractivity contribution in [1.29, 1.82) is 0 Å². The highest BCUT2D eigenvalue weighted by Gasteiger charge is 2.18. The van der Waals surface area contributed by atoms with E-state index in [9.17, 15) is 0 Å². The van der Waals surface area contributed by atoms with Gasteiger partial charge in [0.05, 0.1) is 25.1 Å². The van der Waals surface area contributed by atoms with Crippen LogP contribution < -0.4 is 15.2 Å². The smallest absolute Gasteiger partial charge is 0.160 e. The molecular weight excluding hydrogens is 414 g/mol. The lowest BCUT2D eigenvalue weighted by Crippen LogP contribution is -2.37. The third-order valence-corrected chi connectivity index (χ3v) is 5.62. The van der Waals surface area contributed by atoms with Gasteiger partial charge in [-0.25, -0.2) is 4.98 Å². The van der Waals surface area contributed by atoms with Gasteiger partial charge in [-0.05, 0) is 17.7 Å². The Bertz CT molecular complexity index is 1240. The van der Waals surface area contributed by atoms with Gasteiger partial charge in [-0.1, -0.05) is 42.5 Å². The molecule has 0 bridgehead atoms. The molecule has 8 heteroatoms. The molecule has 0 saturated carbocycles. The standard InChI is InChI=1S/C25H27N7O/c1-30(2)21-10-8-19(9-11-21)18-26-28-23-17-25(31-12-14-33-15-13-31)32-24(27-23)16-22(29-32)20-6-4-3-5-7-20/h3-11,16-18H,12-15H2,1-2H3,(H,27,28)/b26-18+. The zero-order valence-corrected chi connectivity index (χ0v) is 18.8. The summed E-state index contributed by atoms with van der Waals surface area (Å²) in [7, 11) is 4.05.